The number of nitrogens with zero attached hydrogens (tertiary/aromatic N) is 8. The fourth-order valence-corrected chi connectivity index (χ4v) is 14.8. The number of fused-ring (bicyclic) bond motifs is 2. The standard InChI is InChI=1S/C52H40N10O32S11/c53-45-43-28(23-38(97-91-89-65)47(45)59-55-30-1-7-33(8-2-30)95-19-15-87-93-104(80,81)82)25-41(102(74,75)76)49(51(43)63)61-57-32-5-11-35(12-6-32)99(67,68)21-17-86-18-22-100(69,70)36-13-14-37(40(27-36)101(71,72)73)58-62-50-42(103(77,78)79)26-29-24-39(98-92-90-66)48(46(54)44(29)52(50)64)60-56-31-3-9-34(10-4-31)96-20-16-88-94-105(83,84)85/h1-14,23-27,63-66H,17-18,21-22,53-54H2,(H,71,72,73)(H,74,75,76)(H,77,78,79)(H,80,81,82)(H,83,84,85). The summed E-state index contributed by atoms with van der Waals surface area (Å²) in [6.45, 7) is -1.36. The third-order valence-electron chi connectivity index (χ3n) is 12.7. The fourth-order valence-electron chi connectivity index (χ4n) is 8.32. The zero-order valence-electron chi connectivity index (χ0n) is 50.9. The molecule has 105 heavy (non-hydrogen) atoms. The number of phenolic OH excluding ortho intramolecular Hbond substituents is 2. The van der Waals surface area contributed by atoms with Gasteiger partial charge in [0.05, 0.1) is 108 Å². The first-order valence-corrected chi connectivity index (χ1v) is 40.3. The number of thioether (sulfide) groups is 2. The van der Waals surface area contributed by atoms with Gasteiger partial charge in [-0.3, -0.25) is 32.5 Å². The molecule has 0 unspecified atom stereocenters. The Balaban J connectivity index is 0.951. The van der Waals surface area contributed by atoms with Gasteiger partial charge < -0.3 is 26.4 Å². The van der Waals surface area contributed by atoms with Crippen LogP contribution in [0.1, 0.15) is 0 Å². The van der Waals surface area contributed by atoms with Gasteiger partial charge in [0, 0.05) is 20.3 Å². The van der Waals surface area contributed by atoms with Crippen molar-refractivity contribution in [1.29, 1.82) is 0 Å². The highest BCUT2D eigenvalue weighted by atomic mass is 32.3. The molecule has 556 valence electrons. The Hall–Kier alpha value is -8.91. The summed E-state index contributed by atoms with van der Waals surface area (Å²) in [5, 5.41) is 83.0. The summed E-state index contributed by atoms with van der Waals surface area (Å²) in [7, 11) is -34.8. The van der Waals surface area contributed by atoms with Crippen LogP contribution >= 0.6 is 47.6 Å². The molecule has 8 rings (SSSR count). The Morgan fingerprint density at radius 2 is 0.781 bits per heavy atom. The smallest absolute Gasteiger partial charge is 0.433 e. The number of rotatable bonds is 31. The Morgan fingerprint density at radius 1 is 0.419 bits per heavy atom. The van der Waals surface area contributed by atoms with E-state index in [-0.39, 0.29) is 71.3 Å². The predicted molar refractivity (Wildman–Crippen MR) is 363 cm³/mol. The molecule has 8 aromatic carbocycles. The molecule has 0 aromatic heterocycles. The van der Waals surface area contributed by atoms with Gasteiger partial charge in [0.2, 0.25) is 0 Å². The second kappa shape index (κ2) is 34.6. The minimum Gasteiger partial charge on any atom is -0.505 e. The third kappa shape index (κ3) is 22.3. The van der Waals surface area contributed by atoms with E-state index in [0.717, 1.165) is 72.1 Å². The molecule has 0 aliphatic heterocycles. The van der Waals surface area contributed by atoms with Gasteiger partial charge in [0.25, 0.3) is 30.4 Å². The minimum absolute atomic E-state index is 0.108. The maximum Gasteiger partial charge on any atom is 0.433 e. The van der Waals surface area contributed by atoms with E-state index >= 15 is 0 Å². The van der Waals surface area contributed by atoms with Crippen LogP contribution in [0.5, 0.6) is 11.5 Å². The molecule has 0 aliphatic carbocycles. The number of hydrogen-bond donors (Lipinski definition) is 11. The number of ether oxygens (including phenoxy) is 1. The number of anilines is 2. The van der Waals surface area contributed by atoms with E-state index in [2.05, 4.69) is 88.6 Å². The van der Waals surface area contributed by atoms with Gasteiger partial charge in [-0.05, 0) is 158 Å². The molecule has 42 nitrogen and oxygen atoms in total. The number of nitrogen functional groups attached to an aromatic ring is 2. The third-order valence-corrected chi connectivity index (χ3v) is 21.8. The maximum atomic E-state index is 13.5. The minimum atomic E-state index is -5.46. The quantitative estimate of drug-likeness (QED) is 0.00221. The van der Waals surface area contributed by atoms with Crippen molar-refractivity contribution in [3.63, 3.8) is 0 Å². The van der Waals surface area contributed by atoms with E-state index in [9.17, 15) is 82.8 Å². The van der Waals surface area contributed by atoms with Gasteiger partial charge in [-0.2, -0.15) is 57.4 Å². The van der Waals surface area contributed by atoms with Crippen molar-refractivity contribution in [1.82, 2.24) is 0 Å². The molecule has 0 saturated carbocycles. The summed E-state index contributed by atoms with van der Waals surface area (Å²) in [5.41, 5.74) is 8.61. The topological polar surface area (TPSA) is 655 Å². The number of azo groups is 4. The summed E-state index contributed by atoms with van der Waals surface area (Å²) >= 11 is 2.19. The van der Waals surface area contributed by atoms with Crippen LogP contribution in [0, 0.1) is 22.7 Å². The Labute approximate surface area is 607 Å². The fraction of sp³-hybridized carbons (Fsp3) is 0.0769. The van der Waals surface area contributed by atoms with E-state index in [1.807, 2.05) is 12.2 Å². The highest BCUT2D eigenvalue weighted by Gasteiger charge is 2.30. The van der Waals surface area contributed by atoms with Gasteiger partial charge in [0.1, 0.15) is 43.1 Å². The molecule has 0 aliphatic rings. The largest absolute Gasteiger partial charge is 0.505 e. The van der Waals surface area contributed by atoms with Crippen molar-refractivity contribution in [2.45, 2.75) is 44.1 Å². The van der Waals surface area contributed by atoms with Gasteiger partial charge >= 0.3 is 20.8 Å². The van der Waals surface area contributed by atoms with E-state index in [0.29, 0.717) is 40.0 Å². The first-order valence-electron chi connectivity index (χ1n) is 26.9. The predicted octanol–water partition coefficient (Wildman–Crippen LogP) is 10.6. The van der Waals surface area contributed by atoms with Crippen molar-refractivity contribution >= 4 is 197 Å². The molecular formula is C52H40N10O32S11. The van der Waals surface area contributed by atoms with E-state index in [4.69, 9.17) is 35.8 Å². The molecule has 0 heterocycles. The van der Waals surface area contributed by atoms with Crippen LogP contribution in [0.25, 0.3) is 21.5 Å². The summed E-state index contributed by atoms with van der Waals surface area (Å²) in [5.74, 6) is -3.86. The lowest BCUT2D eigenvalue weighted by Gasteiger charge is -2.14. The molecular weight excluding hydrogens is 1630 g/mol. The molecule has 0 saturated heterocycles. The molecule has 53 heteroatoms. The van der Waals surface area contributed by atoms with E-state index < -0.39 is 160 Å². The summed E-state index contributed by atoms with van der Waals surface area (Å²) in [6, 6.07) is 21.5. The first kappa shape index (κ1) is 81.8. The maximum absolute atomic E-state index is 13.5. The van der Waals surface area contributed by atoms with Crippen molar-refractivity contribution in [3.05, 3.63) is 115 Å². The zero-order chi connectivity index (χ0) is 76.9. The number of hydrogen-bond acceptors (Lipinski definition) is 41. The Bertz CT molecular complexity index is 5810. The molecule has 0 fully saturated rings. The number of aromatic hydroxyl groups is 2. The molecule has 0 spiro atoms. The lowest BCUT2D eigenvalue weighted by molar-refractivity contribution is -0.432. The Morgan fingerprint density at radius 3 is 1.16 bits per heavy atom. The highest BCUT2D eigenvalue weighted by molar-refractivity contribution is 8.04. The van der Waals surface area contributed by atoms with Crippen LogP contribution in [0.15, 0.2) is 200 Å². The average Bonchev–Trinajstić information content (AvgIpc) is 0.746. The number of nitrogens with two attached hydrogens (primary N) is 2. The lowest BCUT2D eigenvalue weighted by Crippen LogP contribution is -2.17. The second-order valence-electron chi connectivity index (χ2n) is 19.4. The zero-order valence-corrected chi connectivity index (χ0v) is 59.9. The first-order chi connectivity index (χ1) is 49.3. The number of sulfone groups is 2. The molecule has 0 radical (unpaired) electrons. The van der Waals surface area contributed by atoms with Gasteiger partial charge in [-0.1, -0.05) is 10.1 Å². The monoisotopic (exact) mass is 1670 g/mol. The SMILES string of the molecule is Nc1c(N=Nc2ccc(SC#COOS(=O)(=O)O)cc2)c(SOOO)cc2cc(S(=O)(=O)O)c(N=Nc3ccc(S(=O)(=O)CCOCCS(=O)(=O)c4ccc(N=Nc5c(S(=O)(=O)O)cc6cc(SOOO)c(N=Nc7ccc(SC#COOS(=O)(=O)O)cc7)c(N)c6c5O)c(S(=O)(=O)O)c4)cc3)c(O)c12. The Kier molecular flexibility index (Phi) is 26.9. The molecule has 0 amide bonds. The second-order valence-corrected chi connectivity index (χ2v) is 33.0. The summed E-state index contributed by atoms with van der Waals surface area (Å²) in [4.78, 5) is 4.08. The normalized spacial score (nSPS) is 12.7. The van der Waals surface area contributed by atoms with Crippen molar-refractivity contribution in [2.24, 2.45) is 40.9 Å². The number of benzene rings is 8. The van der Waals surface area contributed by atoms with Crippen molar-refractivity contribution < 1.29 is 144 Å². The molecule has 0 bridgehead atoms. The van der Waals surface area contributed by atoms with Gasteiger partial charge in [-0.15, -0.1) is 34.2 Å². The van der Waals surface area contributed by atoms with Crippen LogP contribution in [-0.2, 0) is 113 Å². The highest BCUT2D eigenvalue weighted by Crippen LogP contribution is 2.52. The van der Waals surface area contributed by atoms with Crippen LogP contribution in [0.3, 0.4) is 0 Å². The van der Waals surface area contributed by atoms with E-state index in [1.165, 1.54) is 48.5 Å². The average molecular weight is 1670 g/mol. The summed E-state index contributed by atoms with van der Waals surface area (Å²) in [6.07, 6.45) is 3.72. The van der Waals surface area contributed by atoms with Crippen molar-refractivity contribution in [3.8, 4) is 34.2 Å². The van der Waals surface area contributed by atoms with Crippen LogP contribution < -0.4 is 11.5 Å². The van der Waals surface area contributed by atoms with Gasteiger partial charge in [-0.25, -0.2) is 27.4 Å². The van der Waals surface area contributed by atoms with Crippen LogP contribution in [0.2, 0.25) is 0 Å². The summed E-state index contributed by atoms with van der Waals surface area (Å²) < 4.78 is 242. The number of phenols is 2. The lowest BCUT2D eigenvalue weighted by atomic mass is 10.1. The molecule has 13 N–H and O–H groups in total. The van der Waals surface area contributed by atoms with E-state index in [1.54, 1.807) is 0 Å². The molecule has 0 atom stereocenters. The van der Waals surface area contributed by atoms with Crippen LogP contribution in [-0.4, -0.2) is 127 Å². The van der Waals surface area contributed by atoms with Crippen molar-refractivity contribution in [2.75, 3.05) is 36.2 Å². The molecule has 8 aromatic rings. The van der Waals surface area contributed by atoms with Gasteiger partial charge in [0.15, 0.2) is 43.4 Å². The van der Waals surface area contributed by atoms with Crippen LogP contribution in [0.4, 0.5) is 56.9 Å².